The van der Waals surface area contributed by atoms with Gasteiger partial charge in [-0.15, -0.1) is 0 Å². The molecule has 0 aliphatic carbocycles. The number of fused-ring (bicyclic) bond motifs is 1. The highest BCUT2D eigenvalue weighted by atomic mass is 16.5. The summed E-state index contributed by atoms with van der Waals surface area (Å²) in [5.41, 5.74) is 3.85. The number of hydrogen-bond acceptors (Lipinski definition) is 5. The third-order valence-electron chi connectivity index (χ3n) is 6.34. The molecule has 0 atom stereocenters. The Kier molecular flexibility index (Phi) is 6.64. The van der Waals surface area contributed by atoms with E-state index in [0.29, 0.717) is 18.9 Å². The van der Waals surface area contributed by atoms with Crippen molar-refractivity contribution in [2.45, 2.75) is 33.4 Å². The first-order chi connectivity index (χ1) is 17.9. The van der Waals surface area contributed by atoms with Crippen LogP contribution in [0.3, 0.4) is 0 Å². The summed E-state index contributed by atoms with van der Waals surface area (Å²) in [4.78, 5) is 39.0. The van der Waals surface area contributed by atoms with Crippen molar-refractivity contribution in [1.29, 1.82) is 0 Å². The second-order valence-corrected chi connectivity index (χ2v) is 9.05. The molecule has 37 heavy (non-hydrogen) atoms. The van der Waals surface area contributed by atoms with Crippen LogP contribution in [0.15, 0.2) is 77.0 Å². The average molecular weight is 498 g/mol. The highest BCUT2D eigenvalue weighted by Crippen LogP contribution is 2.26. The number of nitrogens with zero attached hydrogens (tertiary/aromatic N) is 2. The lowest BCUT2D eigenvalue weighted by atomic mass is 10.1. The molecular formula is C29H27N3O5. The number of urea groups is 1. The van der Waals surface area contributed by atoms with Crippen molar-refractivity contribution in [1.82, 2.24) is 14.8 Å². The Labute approximate surface area is 214 Å². The van der Waals surface area contributed by atoms with Gasteiger partial charge in [0.2, 0.25) is 0 Å². The lowest BCUT2D eigenvalue weighted by Crippen LogP contribution is -2.53. The minimum Gasteiger partial charge on any atom is -0.493 e. The Bertz CT molecular complexity index is 1510. The summed E-state index contributed by atoms with van der Waals surface area (Å²) < 4.78 is 13.4. The van der Waals surface area contributed by atoms with Crippen molar-refractivity contribution in [3.05, 3.63) is 95.1 Å². The number of imide groups is 2. The van der Waals surface area contributed by atoms with Crippen LogP contribution >= 0.6 is 0 Å². The SMILES string of the molecule is Cc1ccc(C)c(OCCCn2cc(/C=C3\C(=O)NC(=O)N(Cc4ccco4)C3=O)c3ccccc32)c1. The van der Waals surface area contributed by atoms with Gasteiger partial charge in [0.25, 0.3) is 11.8 Å². The van der Waals surface area contributed by atoms with E-state index in [9.17, 15) is 14.4 Å². The Morgan fingerprint density at radius 3 is 2.68 bits per heavy atom. The number of hydrogen-bond donors (Lipinski definition) is 1. The van der Waals surface area contributed by atoms with Crippen molar-refractivity contribution in [3.8, 4) is 5.75 Å². The summed E-state index contributed by atoms with van der Waals surface area (Å²) >= 11 is 0. The van der Waals surface area contributed by atoms with Crippen LogP contribution in [0.5, 0.6) is 5.75 Å². The predicted octanol–water partition coefficient (Wildman–Crippen LogP) is 4.98. The number of para-hydroxylation sites is 1. The minimum absolute atomic E-state index is 0.0650. The van der Waals surface area contributed by atoms with Crippen LogP contribution in [0.1, 0.15) is 28.9 Å². The largest absolute Gasteiger partial charge is 0.493 e. The second-order valence-electron chi connectivity index (χ2n) is 9.05. The van der Waals surface area contributed by atoms with Crippen molar-refractivity contribution in [2.24, 2.45) is 0 Å². The van der Waals surface area contributed by atoms with Gasteiger partial charge in [-0.3, -0.25) is 19.8 Å². The fourth-order valence-corrected chi connectivity index (χ4v) is 4.41. The minimum atomic E-state index is -0.769. The number of aryl methyl sites for hydroxylation is 3. The molecule has 4 amide bonds. The van der Waals surface area contributed by atoms with Gasteiger partial charge in [-0.1, -0.05) is 30.3 Å². The first-order valence-electron chi connectivity index (χ1n) is 12.1. The van der Waals surface area contributed by atoms with Gasteiger partial charge in [0.15, 0.2) is 0 Å². The van der Waals surface area contributed by atoms with Gasteiger partial charge in [0.1, 0.15) is 17.1 Å². The molecular weight excluding hydrogens is 470 g/mol. The van der Waals surface area contributed by atoms with Crippen LogP contribution in [-0.4, -0.2) is 33.9 Å². The Morgan fingerprint density at radius 2 is 1.86 bits per heavy atom. The fraction of sp³-hybridized carbons (Fsp3) is 0.207. The van der Waals surface area contributed by atoms with Gasteiger partial charge in [-0.25, -0.2) is 4.79 Å². The molecule has 4 aromatic rings. The molecule has 0 saturated carbocycles. The lowest BCUT2D eigenvalue weighted by Gasteiger charge is -2.25. The molecule has 8 nitrogen and oxygen atoms in total. The molecule has 0 spiro atoms. The molecule has 188 valence electrons. The molecule has 8 heteroatoms. The number of barbiturate groups is 1. The number of carbonyl (C=O) groups excluding carboxylic acids is 3. The number of rotatable bonds is 8. The average Bonchev–Trinajstić information content (AvgIpc) is 3.52. The molecule has 1 N–H and O–H groups in total. The van der Waals surface area contributed by atoms with Gasteiger partial charge < -0.3 is 13.7 Å². The molecule has 2 aromatic carbocycles. The van der Waals surface area contributed by atoms with Crippen LogP contribution in [-0.2, 0) is 22.7 Å². The van der Waals surface area contributed by atoms with Crippen LogP contribution in [0, 0.1) is 13.8 Å². The Morgan fingerprint density at radius 1 is 1.03 bits per heavy atom. The van der Waals surface area contributed by atoms with E-state index in [1.807, 2.05) is 50.4 Å². The maximum Gasteiger partial charge on any atom is 0.331 e. The third-order valence-corrected chi connectivity index (χ3v) is 6.34. The second kappa shape index (κ2) is 10.2. The van der Waals surface area contributed by atoms with Crippen molar-refractivity contribution < 1.29 is 23.5 Å². The predicted molar refractivity (Wildman–Crippen MR) is 139 cm³/mol. The van der Waals surface area contributed by atoms with Crippen molar-refractivity contribution in [2.75, 3.05) is 6.61 Å². The number of ether oxygens (including phenoxy) is 1. The number of nitrogens with one attached hydrogen (secondary N) is 1. The van der Waals surface area contributed by atoms with E-state index in [2.05, 4.69) is 22.0 Å². The van der Waals surface area contributed by atoms with E-state index in [1.165, 1.54) is 6.26 Å². The van der Waals surface area contributed by atoms with E-state index in [1.54, 1.807) is 18.2 Å². The normalized spacial score (nSPS) is 15.0. The van der Waals surface area contributed by atoms with Crippen molar-refractivity contribution >= 4 is 34.8 Å². The standard InChI is InChI=1S/C29H27N3O5/c1-19-10-11-20(2)26(15-19)37-14-6-12-31-17-21(23-8-3-4-9-25(23)31)16-24-27(33)30-29(35)32(28(24)34)18-22-7-5-13-36-22/h3-5,7-11,13,15-17H,6,12,14,18H2,1-2H3,(H,30,33,35)/b24-16+. The van der Waals surface area contributed by atoms with E-state index in [-0.39, 0.29) is 12.1 Å². The zero-order valence-electron chi connectivity index (χ0n) is 20.7. The summed E-state index contributed by atoms with van der Waals surface area (Å²) in [5, 5.41) is 3.16. The smallest absolute Gasteiger partial charge is 0.331 e. The van der Waals surface area contributed by atoms with E-state index < -0.39 is 17.8 Å². The molecule has 1 saturated heterocycles. The number of amides is 4. The zero-order chi connectivity index (χ0) is 25.9. The van der Waals surface area contributed by atoms with E-state index in [0.717, 1.165) is 44.7 Å². The third kappa shape index (κ3) is 5.04. The van der Waals surface area contributed by atoms with Gasteiger partial charge in [0.05, 0.1) is 19.4 Å². The molecule has 1 fully saturated rings. The van der Waals surface area contributed by atoms with Crippen LogP contribution in [0.4, 0.5) is 4.79 Å². The molecule has 0 unspecified atom stereocenters. The maximum absolute atomic E-state index is 13.1. The van der Waals surface area contributed by atoms with E-state index >= 15 is 0 Å². The number of aromatic nitrogens is 1. The molecule has 5 rings (SSSR count). The van der Waals surface area contributed by atoms with Gasteiger partial charge in [0, 0.05) is 29.2 Å². The molecule has 0 bridgehead atoms. The fourth-order valence-electron chi connectivity index (χ4n) is 4.41. The number of carbonyl (C=O) groups is 3. The first-order valence-corrected chi connectivity index (χ1v) is 12.1. The molecule has 1 aliphatic heterocycles. The number of benzene rings is 2. The Hall–Kier alpha value is -4.59. The van der Waals surface area contributed by atoms with Gasteiger partial charge in [-0.05, 0) is 61.7 Å². The lowest BCUT2D eigenvalue weighted by molar-refractivity contribution is -0.130. The highest BCUT2D eigenvalue weighted by Gasteiger charge is 2.36. The summed E-state index contributed by atoms with van der Waals surface area (Å²) in [6.45, 7) is 5.25. The topological polar surface area (TPSA) is 93.8 Å². The number of furan rings is 1. The van der Waals surface area contributed by atoms with Crippen molar-refractivity contribution in [3.63, 3.8) is 0 Å². The van der Waals surface area contributed by atoms with E-state index in [4.69, 9.17) is 9.15 Å². The molecule has 3 heterocycles. The molecule has 1 aliphatic rings. The van der Waals surface area contributed by atoms with Crippen LogP contribution in [0.25, 0.3) is 17.0 Å². The van der Waals surface area contributed by atoms with Crippen LogP contribution < -0.4 is 10.1 Å². The summed E-state index contributed by atoms with van der Waals surface area (Å²) in [6, 6.07) is 16.5. The monoisotopic (exact) mass is 497 g/mol. The molecule has 0 radical (unpaired) electrons. The highest BCUT2D eigenvalue weighted by molar-refractivity contribution is 6.31. The molecule has 2 aromatic heterocycles. The quantitative estimate of drug-likeness (QED) is 0.210. The Balaban J connectivity index is 1.36. The maximum atomic E-state index is 13.1. The summed E-state index contributed by atoms with van der Waals surface area (Å²) in [6.07, 6.45) is 5.70. The van der Waals surface area contributed by atoms with Gasteiger partial charge >= 0.3 is 6.03 Å². The summed E-state index contributed by atoms with van der Waals surface area (Å²) in [7, 11) is 0. The first kappa shape index (κ1) is 24.1. The van der Waals surface area contributed by atoms with Crippen LogP contribution in [0.2, 0.25) is 0 Å². The summed E-state index contributed by atoms with van der Waals surface area (Å²) in [5.74, 6) is -0.0523. The van der Waals surface area contributed by atoms with Gasteiger partial charge in [-0.2, -0.15) is 0 Å². The zero-order valence-corrected chi connectivity index (χ0v) is 20.7.